The smallest absolute Gasteiger partial charge is 0.255 e. The number of carbonyl (C=O) groups is 2. The molecule has 3 aromatic rings. The molecule has 35 heavy (non-hydrogen) atoms. The number of benzene rings is 1. The van der Waals surface area contributed by atoms with E-state index in [-0.39, 0.29) is 34.1 Å². The van der Waals surface area contributed by atoms with Crippen LogP contribution in [0.15, 0.2) is 49.3 Å². The average Bonchev–Trinajstić information content (AvgIpc) is 3.25. The van der Waals surface area contributed by atoms with Crippen molar-refractivity contribution in [2.75, 3.05) is 25.0 Å². The molecule has 2 aromatic heterocycles. The SMILES string of the molecule is C=CC(=O)N1CCC2(CC1)CNC(=O)c1c2[nH]c(-c2ccncc2F)c1Nc1cccc(F)c1F. The fraction of sp³-hybridized carbons (Fsp3) is 0.240. The lowest BCUT2D eigenvalue weighted by molar-refractivity contribution is -0.127. The lowest BCUT2D eigenvalue weighted by Gasteiger charge is -2.43. The summed E-state index contributed by atoms with van der Waals surface area (Å²) in [7, 11) is 0. The Morgan fingerprint density at radius 2 is 1.94 bits per heavy atom. The van der Waals surface area contributed by atoms with Crippen molar-refractivity contribution in [3.8, 4) is 11.3 Å². The first kappa shape index (κ1) is 22.7. The summed E-state index contributed by atoms with van der Waals surface area (Å²) in [6.07, 6.45) is 4.77. The average molecular weight is 481 g/mol. The van der Waals surface area contributed by atoms with Gasteiger partial charge < -0.3 is 20.5 Å². The molecule has 0 aliphatic carbocycles. The quantitative estimate of drug-likeness (QED) is 0.491. The number of likely N-dealkylation sites (tertiary alicyclic amines) is 1. The van der Waals surface area contributed by atoms with E-state index >= 15 is 0 Å². The number of pyridine rings is 1. The lowest BCUT2D eigenvalue weighted by atomic mass is 9.72. The molecule has 0 atom stereocenters. The number of amides is 2. The van der Waals surface area contributed by atoms with E-state index < -0.39 is 28.8 Å². The van der Waals surface area contributed by atoms with Crippen LogP contribution in [0, 0.1) is 17.5 Å². The molecule has 0 bridgehead atoms. The van der Waals surface area contributed by atoms with Crippen LogP contribution in [0.3, 0.4) is 0 Å². The van der Waals surface area contributed by atoms with Crippen LogP contribution in [0.1, 0.15) is 28.9 Å². The second-order valence-corrected chi connectivity index (χ2v) is 8.70. The van der Waals surface area contributed by atoms with Gasteiger partial charge in [0.05, 0.1) is 28.8 Å². The number of aromatic nitrogens is 2. The molecule has 5 rings (SSSR count). The van der Waals surface area contributed by atoms with E-state index in [9.17, 15) is 22.8 Å². The minimum atomic E-state index is -1.12. The van der Waals surface area contributed by atoms with Crippen molar-refractivity contribution in [1.29, 1.82) is 0 Å². The van der Waals surface area contributed by atoms with Crippen molar-refractivity contribution in [1.82, 2.24) is 20.2 Å². The topological polar surface area (TPSA) is 90.1 Å². The number of piperidine rings is 1. The first-order valence-corrected chi connectivity index (χ1v) is 11.1. The minimum Gasteiger partial charge on any atom is -0.355 e. The zero-order valence-electron chi connectivity index (χ0n) is 18.6. The number of halogens is 3. The summed E-state index contributed by atoms with van der Waals surface area (Å²) >= 11 is 0. The monoisotopic (exact) mass is 481 g/mol. The predicted molar refractivity (Wildman–Crippen MR) is 124 cm³/mol. The van der Waals surface area contributed by atoms with Gasteiger partial charge in [-0.05, 0) is 37.1 Å². The third-order valence-electron chi connectivity index (χ3n) is 6.80. The van der Waals surface area contributed by atoms with E-state index in [0.717, 1.165) is 12.3 Å². The molecule has 4 heterocycles. The number of aromatic amines is 1. The molecule has 0 unspecified atom stereocenters. The van der Waals surface area contributed by atoms with Crippen LogP contribution < -0.4 is 10.6 Å². The second-order valence-electron chi connectivity index (χ2n) is 8.70. The van der Waals surface area contributed by atoms with Crippen LogP contribution in [-0.2, 0) is 10.2 Å². The number of hydrogen-bond acceptors (Lipinski definition) is 4. The number of nitrogens with zero attached hydrogens (tertiary/aromatic N) is 2. The molecule has 1 aromatic carbocycles. The first-order chi connectivity index (χ1) is 16.8. The highest BCUT2D eigenvalue weighted by Crippen LogP contribution is 2.46. The molecule has 10 heteroatoms. The molecule has 2 aliphatic heterocycles. The van der Waals surface area contributed by atoms with Gasteiger partial charge in [-0.25, -0.2) is 13.2 Å². The summed E-state index contributed by atoms with van der Waals surface area (Å²) in [5, 5.41) is 5.72. The zero-order chi connectivity index (χ0) is 24.7. The standard InChI is InChI=1S/C25H22F3N5O2/c1-2-18(34)33-10-7-25(8-11-33)13-30-24(35)19-22(31-17-5-3-4-15(26)20(17)28)21(32-23(19)25)14-6-9-29-12-16(14)27/h2-6,9,12,31-32H,1,7-8,10-11,13H2,(H,30,35). The summed E-state index contributed by atoms with van der Waals surface area (Å²) in [5.41, 5.74) is 0.500. The van der Waals surface area contributed by atoms with E-state index in [1.54, 1.807) is 4.90 Å². The Bertz CT molecular complexity index is 1340. The Balaban J connectivity index is 1.66. The highest BCUT2D eigenvalue weighted by Gasteiger charge is 2.46. The molecule has 1 fully saturated rings. The Hall–Kier alpha value is -4.08. The van der Waals surface area contributed by atoms with Gasteiger partial charge >= 0.3 is 0 Å². The molecular weight excluding hydrogens is 459 g/mol. The normalized spacial score (nSPS) is 16.5. The van der Waals surface area contributed by atoms with E-state index in [2.05, 4.69) is 27.2 Å². The highest BCUT2D eigenvalue weighted by atomic mass is 19.2. The second kappa shape index (κ2) is 8.61. The van der Waals surface area contributed by atoms with Crippen LogP contribution in [0.25, 0.3) is 11.3 Å². The van der Waals surface area contributed by atoms with Crippen molar-refractivity contribution in [2.45, 2.75) is 18.3 Å². The summed E-state index contributed by atoms with van der Waals surface area (Å²) in [4.78, 5) is 33.9. The molecular formula is C25H22F3N5O2. The summed E-state index contributed by atoms with van der Waals surface area (Å²) in [6, 6.07) is 5.09. The van der Waals surface area contributed by atoms with Crippen LogP contribution >= 0.6 is 0 Å². The third-order valence-corrected chi connectivity index (χ3v) is 6.80. The molecule has 3 N–H and O–H groups in total. The zero-order valence-corrected chi connectivity index (χ0v) is 18.6. The molecule has 7 nitrogen and oxygen atoms in total. The van der Waals surface area contributed by atoms with Gasteiger partial charge in [-0.1, -0.05) is 12.6 Å². The van der Waals surface area contributed by atoms with Gasteiger partial charge in [-0.15, -0.1) is 0 Å². The fourth-order valence-corrected chi connectivity index (χ4v) is 4.90. The minimum absolute atomic E-state index is 0.121. The van der Waals surface area contributed by atoms with Gasteiger partial charge in [0.25, 0.3) is 5.91 Å². The largest absolute Gasteiger partial charge is 0.355 e. The number of rotatable bonds is 4. The van der Waals surface area contributed by atoms with E-state index in [0.29, 0.717) is 38.2 Å². The van der Waals surface area contributed by atoms with Gasteiger partial charge in [-0.2, -0.15) is 0 Å². The fourth-order valence-electron chi connectivity index (χ4n) is 4.90. The van der Waals surface area contributed by atoms with Crippen molar-refractivity contribution < 1.29 is 22.8 Å². The van der Waals surface area contributed by atoms with Gasteiger partial charge in [0.1, 0.15) is 0 Å². The maximum atomic E-state index is 14.8. The maximum Gasteiger partial charge on any atom is 0.255 e. The molecule has 2 amide bonds. The summed E-state index contributed by atoms with van der Waals surface area (Å²) < 4.78 is 43.3. The number of H-pyrrole nitrogens is 1. The van der Waals surface area contributed by atoms with Gasteiger partial charge in [0.2, 0.25) is 5.91 Å². The Morgan fingerprint density at radius 3 is 2.66 bits per heavy atom. The van der Waals surface area contributed by atoms with E-state index in [4.69, 9.17) is 0 Å². The van der Waals surface area contributed by atoms with Gasteiger partial charge in [0, 0.05) is 42.5 Å². The van der Waals surface area contributed by atoms with Crippen LogP contribution in [0.2, 0.25) is 0 Å². The highest BCUT2D eigenvalue weighted by molar-refractivity contribution is 6.07. The Kier molecular flexibility index (Phi) is 5.58. The van der Waals surface area contributed by atoms with Gasteiger partial charge in [0.15, 0.2) is 17.5 Å². The Labute approximate surface area is 199 Å². The molecule has 1 spiro atoms. The Morgan fingerprint density at radius 1 is 1.17 bits per heavy atom. The molecule has 180 valence electrons. The van der Waals surface area contributed by atoms with Crippen LogP contribution in [-0.4, -0.2) is 46.3 Å². The van der Waals surface area contributed by atoms with Gasteiger partial charge in [-0.3, -0.25) is 14.6 Å². The van der Waals surface area contributed by atoms with E-state index in [1.807, 2.05) is 0 Å². The number of anilines is 2. The molecule has 2 aliphatic rings. The number of hydrogen-bond donors (Lipinski definition) is 3. The predicted octanol–water partition coefficient (Wildman–Crippen LogP) is 4.03. The van der Waals surface area contributed by atoms with Crippen LogP contribution in [0.5, 0.6) is 0 Å². The third kappa shape index (κ3) is 3.74. The number of carbonyl (C=O) groups excluding carboxylic acids is 2. The number of nitrogens with one attached hydrogen (secondary N) is 3. The van der Waals surface area contributed by atoms with Crippen molar-refractivity contribution in [3.63, 3.8) is 0 Å². The van der Waals surface area contributed by atoms with Crippen LogP contribution in [0.4, 0.5) is 24.5 Å². The number of fused-ring (bicyclic) bond motifs is 2. The van der Waals surface area contributed by atoms with Crippen molar-refractivity contribution in [2.24, 2.45) is 0 Å². The molecule has 0 saturated carbocycles. The lowest BCUT2D eigenvalue weighted by Crippen LogP contribution is -2.53. The van der Waals surface area contributed by atoms with Crippen molar-refractivity contribution >= 4 is 23.2 Å². The first-order valence-electron chi connectivity index (χ1n) is 11.1. The van der Waals surface area contributed by atoms with Crippen molar-refractivity contribution in [3.05, 3.63) is 78.0 Å². The van der Waals surface area contributed by atoms with E-state index in [1.165, 1.54) is 30.5 Å². The molecule has 0 radical (unpaired) electrons. The summed E-state index contributed by atoms with van der Waals surface area (Å²) in [5.74, 6) is -3.42. The maximum absolute atomic E-state index is 14.8. The summed E-state index contributed by atoms with van der Waals surface area (Å²) in [6.45, 7) is 4.74. The molecule has 1 saturated heterocycles.